The van der Waals surface area contributed by atoms with Crippen LogP contribution in [0.15, 0.2) is 0 Å². The molecule has 2 unspecified atom stereocenters. The van der Waals surface area contributed by atoms with E-state index in [9.17, 15) is 9.90 Å². The van der Waals surface area contributed by atoms with Crippen molar-refractivity contribution >= 4 is 17.7 Å². The Morgan fingerprint density at radius 3 is 2.60 bits per heavy atom. The number of carbonyl (C=O) groups is 1. The molecule has 0 rings (SSSR count). The maximum atomic E-state index is 10.8. The summed E-state index contributed by atoms with van der Waals surface area (Å²) < 4.78 is 0. The highest BCUT2D eigenvalue weighted by Crippen LogP contribution is 2.04. The topological polar surface area (TPSA) is 69.6 Å². The van der Waals surface area contributed by atoms with Crippen molar-refractivity contribution < 1.29 is 15.0 Å². The fourth-order valence-corrected chi connectivity index (χ4v) is 1.70. The molecule has 0 bridgehead atoms. The summed E-state index contributed by atoms with van der Waals surface area (Å²) in [5, 5.41) is 21.1. The number of aliphatic carboxylic acids is 1. The van der Waals surface area contributed by atoms with E-state index in [1.54, 1.807) is 11.8 Å². The third kappa shape index (κ3) is 7.64. The predicted octanol–water partition coefficient (Wildman–Crippen LogP) is 1.29. The van der Waals surface area contributed by atoms with Gasteiger partial charge < -0.3 is 10.2 Å². The molecule has 4 nitrogen and oxygen atoms in total. The summed E-state index contributed by atoms with van der Waals surface area (Å²) in [6.45, 7) is 2.04. The zero-order chi connectivity index (χ0) is 11.7. The molecular formula is C10H21NO3S. The van der Waals surface area contributed by atoms with Gasteiger partial charge >= 0.3 is 5.97 Å². The number of hydrogen-bond acceptors (Lipinski definition) is 4. The molecule has 0 spiro atoms. The number of carboxylic acid groups (broad SMARTS) is 1. The number of carboxylic acids is 1. The summed E-state index contributed by atoms with van der Waals surface area (Å²) in [7, 11) is 0. The average molecular weight is 235 g/mol. The lowest BCUT2D eigenvalue weighted by Gasteiger charge is -2.18. The van der Waals surface area contributed by atoms with Gasteiger partial charge in [0.1, 0.15) is 12.3 Å². The van der Waals surface area contributed by atoms with E-state index in [2.05, 4.69) is 5.32 Å². The Balaban J connectivity index is 3.87. The average Bonchev–Trinajstić information content (AvgIpc) is 2.20. The van der Waals surface area contributed by atoms with Gasteiger partial charge in [0.05, 0.1) is 0 Å². The number of unbranched alkanes of at least 4 members (excludes halogenated alkanes) is 1. The van der Waals surface area contributed by atoms with E-state index in [1.165, 1.54) is 0 Å². The summed E-state index contributed by atoms with van der Waals surface area (Å²) in [6, 6.07) is -0.635. The summed E-state index contributed by atoms with van der Waals surface area (Å²) in [6.07, 6.45) is 4.29. The molecule has 90 valence electrons. The first kappa shape index (κ1) is 14.7. The molecule has 0 amide bonds. The van der Waals surface area contributed by atoms with Gasteiger partial charge in [0.15, 0.2) is 0 Å². The van der Waals surface area contributed by atoms with E-state index in [0.717, 1.165) is 18.6 Å². The Morgan fingerprint density at radius 2 is 2.13 bits per heavy atom. The normalized spacial score (nSPS) is 14.9. The molecule has 0 radical (unpaired) electrons. The Morgan fingerprint density at radius 1 is 1.47 bits per heavy atom. The quantitative estimate of drug-likeness (QED) is 0.525. The van der Waals surface area contributed by atoms with Crippen molar-refractivity contribution in [1.29, 1.82) is 0 Å². The van der Waals surface area contributed by atoms with Crippen LogP contribution in [0.25, 0.3) is 0 Å². The summed E-state index contributed by atoms with van der Waals surface area (Å²) in [5.41, 5.74) is 0. The predicted molar refractivity (Wildman–Crippen MR) is 63.1 cm³/mol. The van der Waals surface area contributed by atoms with Gasteiger partial charge in [-0.3, -0.25) is 10.1 Å². The van der Waals surface area contributed by atoms with E-state index in [4.69, 9.17) is 5.11 Å². The van der Waals surface area contributed by atoms with Crippen LogP contribution in [0.3, 0.4) is 0 Å². The lowest BCUT2D eigenvalue weighted by Crippen LogP contribution is -2.43. The minimum Gasteiger partial charge on any atom is -0.480 e. The maximum Gasteiger partial charge on any atom is 0.320 e. The lowest BCUT2D eigenvalue weighted by atomic mass is 10.2. The second-order valence-corrected chi connectivity index (χ2v) is 4.48. The van der Waals surface area contributed by atoms with Gasteiger partial charge in [-0.25, -0.2) is 0 Å². The molecule has 15 heavy (non-hydrogen) atoms. The highest BCUT2D eigenvalue weighted by atomic mass is 32.2. The highest BCUT2D eigenvalue weighted by Gasteiger charge is 2.19. The number of aliphatic hydroxyl groups is 1. The van der Waals surface area contributed by atoms with Crippen molar-refractivity contribution in [2.24, 2.45) is 0 Å². The molecule has 5 heteroatoms. The van der Waals surface area contributed by atoms with Crippen molar-refractivity contribution in [1.82, 2.24) is 5.32 Å². The third-order valence-corrected chi connectivity index (χ3v) is 2.78. The van der Waals surface area contributed by atoms with Crippen LogP contribution in [0.5, 0.6) is 0 Å². The van der Waals surface area contributed by atoms with Crippen LogP contribution < -0.4 is 5.32 Å². The standard InChI is InChI=1S/C10H21NO3S/c1-3-4-5-9(12)11-8(10(13)14)6-7-15-2/h8-9,11-12H,3-7H2,1-2H3,(H,13,14). The Bertz CT molecular complexity index is 178. The zero-order valence-electron chi connectivity index (χ0n) is 9.40. The van der Waals surface area contributed by atoms with Gasteiger partial charge in [-0.2, -0.15) is 11.8 Å². The second kappa shape index (κ2) is 9.00. The minimum absolute atomic E-state index is 0.541. The lowest BCUT2D eigenvalue weighted by molar-refractivity contribution is -0.140. The molecule has 0 heterocycles. The fraction of sp³-hybridized carbons (Fsp3) is 0.900. The van der Waals surface area contributed by atoms with Crippen LogP contribution in [0.1, 0.15) is 32.6 Å². The maximum absolute atomic E-state index is 10.8. The Kier molecular flexibility index (Phi) is 8.85. The SMILES string of the molecule is CCCCC(O)NC(CCSC)C(=O)O. The highest BCUT2D eigenvalue weighted by molar-refractivity contribution is 7.98. The van der Waals surface area contributed by atoms with Gasteiger partial charge in [0, 0.05) is 0 Å². The Labute approximate surface area is 95.4 Å². The first-order valence-electron chi connectivity index (χ1n) is 5.27. The van der Waals surface area contributed by atoms with Gasteiger partial charge in [0.2, 0.25) is 0 Å². The van der Waals surface area contributed by atoms with E-state index in [0.29, 0.717) is 12.8 Å². The first-order chi connectivity index (χ1) is 7.11. The van der Waals surface area contributed by atoms with Crippen molar-refractivity contribution in [3.63, 3.8) is 0 Å². The molecular weight excluding hydrogens is 214 g/mol. The van der Waals surface area contributed by atoms with E-state index in [1.807, 2.05) is 13.2 Å². The van der Waals surface area contributed by atoms with Crippen LogP contribution in [-0.4, -0.2) is 40.5 Å². The monoisotopic (exact) mass is 235 g/mol. The fourth-order valence-electron chi connectivity index (χ4n) is 1.23. The molecule has 0 saturated carbocycles. The van der Waals surface area contributed by atoms with Crippen molar-refractivity contribution in [2.45, 2.75) is 44.9 Å². The minimum atomic E-state index is -0.889. The van der Waals surface area contributed by atoms with Crippen LogP contribution in [-0.2, 0) is 4.79 Å². The molecule has 0 aromatic heterocycles. The van der Waals surface area contributed by atoms with E-state index in [-0.39, 0.29) is 0 Å². The molecule has 0 aliphatic heterocycles. The summed E-state index contributed by atoms with van der Waals surface area (Å²) >= 11 is 1.61. The molecule has 0 aromatic carbocycles. The van der Waals surface area contributed by atoms with Gasteiger partial charge in [-0.15, -0.1) is 0 Å². The number of hydrogen-bond donors (Lipinski definition) is 3. The van der Waals surface area contributed by atoms with Gasteiger partial charge in [0.25, 0.3) is 0 Å². The summed E-state index contributed by atoms with van der Waals surface area (Å²) in [4.78, 5) is 10.8. The third-order valence-electron chi connectivity index (χ3n) is 2.13. The smallest absolute Gasteiger partial charge is 0.320 e. The van der Waals surface area contributed by atoms with Crippen molar-refractivity contribution in [3.8, 4) is 0 Å². The van der Waals surface area contributed by atoms with Crippen LogP contribution in [0.2, 0.25) is 0 Å². The van der Waals surface area contributed by atoms with Crippen molar-refractivity contribution in [2.75, 3.05) is 12.0 Å². The molecule has 0 saturated heterocycles. The number of rotatable bonds is 9. The number of thioether (sulfide) groups is 1. The largest absolute Gasteiger partial charge is 0.480 e. The molecule has 3 N–H and O–H groups in total. The first-order valence-corrected chi connectivity index (χ1v) is 6.67. The van der Waals surface area contributed by atoms with Crippen molar-refractivity contribution in [3.05, 3.63) is 0 Å². The van der Waals surface area contributed by atoms with Crippen LogP contribution in [0, 0.1) is 0 Å². The molecule has 0 aromatic rings. The van der Waals surface area contributed by atoms with Crippen LogP contribution >= 0.6 is 11.8 Å². The second-order valence-electron chi connectivity index (χ2n) is 3.50. The number of nitrogens with one attached hydrogen (secondary N) is 1. The Hall–Kier alpha value is -0.260. The molecule has 0 fully saturated rings. The number of aliphatic hydroxyl groups excluding tert-OH is 1. The molecule has 0 aliphatic carbocycles. The van der Waals surface area contributed by atoms with Crippen LogP contribution in [0.4, 0.5) is 0 Å². The molecule has 0 aliphatic rings. The summed E-state index contributed by atoms with van der Waals surface area (Å²) in [5.74, 6) is -0.107. The van der Waals surface area contributed by atoms with Gasteiger partial charge in [-0.05, 0) is 31.3 Å². The molecule has 2 atom stereocenters. The van der Waals surface area contributed by atoms with E-state index >= 15 is 0 Å². The van der Waals surface area contributed by atoms with Gasteiger partial charge in [-0.1, -0.05) is 13.3 Å². The zero-order valence-corrected chi connectivity index (χ0v) is 10.2. The van der Waals surface area contributed by atoms with E-state index < -0.39 is 18.2 Å².